The minimum absolute atomic E-state index is 0.124. The Morgan fingerprint density at radius 1 is 0.968 bits per heavy atom. The molecule has 1 amide bonds. The number of hydrogen-bond donors (Lipinski definition) is 1. The number of nitrogens with one attached hydrogen (secondary N) is 1. The Kier molecular flexibility index (Phi) is 8.22. The van der Waals surface area contributed by atoms with E-state index >= 15 is 0 Å². The zero-order valence-electron chi connectivity index (χ0n) is 17.5. The summed E-state index contributed by atoms with van der Waals surface area (Å²) in [5.74, 6) is 0.0541. The molecule has 7 nitrogen and oxygen atoms in total. The second-order valence-electron chi connectivity index (χ2n) is 6.86. The normalized spacial score (nSPS) is 10.5. The topological polar surface area (TPSA) is 90.7 Å². The van der Waals surface area contributed by atoms with Crippen molar-refractivity contribution in [3.63, 3.8) is 0 Å². The molecule has 0 radical (unpaired) electrons. The number of hydrogen-bond acceptors (Lipinski definition) is 6. The highest BCUT2D eigenvalue weighted by molar-refractivity contribution is 5.87. The van der Waals surface area contributed by atoms with Gasteiger partial charge in [-0.25, -0.2) is 14.6 Å². The third kappa shape index (κ3) is 6.99. The molecular weight excluding hydrogens is 396 g/mol. The third-order valence-electron chi connectivity index (χ3n) is 4.47. The van der Waals surface area contributed by atoms with Gasteiger partial charge in [0.2, 0.25) is 5.76 Å². The first-order valence-corrected chi connectivity index (χ1v) is 10.3. The van der Waals surface area contributed by atoms with E-state index in [1.165, 1.54) is 0 Å². The first-order chi connectivity index (χ1) is 15.2. The largest absolute Gasteiger partial charge is 0.460 e. The molecule has 0 aliphatic rings. The fraction of sp³-hybridized carbons (Fsp3) is 0.292. The van der Waals surface area contributed by atoms with Crippen molar-refractivity contribution in [3.05, 3.63) is 89.1 Å². The van der Waals surface area contributed by atoms with Crippen LogP contribution in [0.5, 0.6) is 0 Å². The van der Waals surface area contributed by atoms with Crippen LogP contribution in [0.25, 0.3) is 0 Å². The fourth-order valence-electron chi connectivity index (χ4n) is 2.99. The maximum absolute atomic E-state index is 12.2. The summed E-state index contributed by atoms with van der Waals surface area (Å²) in [5, 5.41) is 2.71. The number of rotatable bonds is 10. The highest BCUT2D eigenvalue weighted by Gasteiger charge is 2.21. The number of amides is 1. The predicted octanol–water partition coefficient (Wildman–Crippen LogP) is 4.30. The second-order valence-corrected chi connectivity index (χ2v) is 6.86. The third-order valence-corrected chi connectivity index (χ3v) is 4.47. The van der Waals surface area contributed by atoms with Crippen LogP contribution in [0, 0.1) is 0 Å². The van der Waals surface area contributed by atoms with Crippen LogP contribution < -0.4 is 5.32 Å². The molecule has 0 unspecified atom stereocenters. The van der Waals surface area contributed by atoms with E-state index in [9.17, 15) is 9.59 Å². The highest BCUT2D eigenvalue weighted by atomic mass is 16.6. The molecule has 0 aliphatic heterocycles. The van der Waals surface area contributed by atoms with Crippen molar-refractivity contribution in [2.24, 2.45) is 0 Å². The van der Waals surface area contributed by atoms with E-state index in [4.69, 9.17) is 13.9 Å². The lowest BCUT2D eigenvalue weighted by molar-refractivity contribution is 0.0486. The molecule has 1 N–H and O–H groups in total. The van der Waals surface area contributed by atoms with Gasteiger partial charge in [0, 0.05) is 13.0 Å². The Hall–Kier alpha value is -3.61. The summed E-state index contributed by atoms with van der Waals surface area (Å²) >= 11 is 0. The van der Waals surface area contributed by atoms with Gasteiger partial charge >= 0.3 is 12.1 Å². The van der Waals surface area contributed by atoms with Crippen LogP contribution in [0.3, 0.4) is 0 Å². The van der Waals surface area contributed by atoms with Gasteiger partial charge in [0.05, 0.1) is 12.3 Å². The first kappa shape index (κ1) is 22.1. The molecule has 0 saturated heterocycles. The van der Waals surface area contributed by atoms with Crippen LogP contribution in [0.2, 0.25) is 0 Å². The Balaban J connectivity index is 1.51. The van der Waals surface area contributed by atoms with Crippen molar-refractivity contribution in [2.75, 3.05) is 13.2 Å². The van der Waals surface area contributed by atoms with Gasteiger partial charge in [0.15, 0.2) is 5.89 Å². The van der Waals surface area contributed by atoms with Crippen LogP contribution in [0.15, 0.2) is 65.1 Å². The molecular formula is C24H26N2O5. The molecule has 3 rings (SSSR count). The van der Waals surface area contributed by atoms with Gasteiger partial charge in [-0.15, -0.1) is 0 Å². The number of ether oxygens (including phenoxy) is 2. The summed E-state index contributed by atoms with van der Waals surface area (Å²) < 4.78 is 16.0. The number of aryl methyl sites for hydroxylation is 1. The van der Waals surface area contributed by atoms with Crippen molar-refractivity contribution in [1.82, 2.24) is 10.3 Å². The van der Waals surface area contributed by atoms with Crippen molar-refractivity contribution >= 4 is 12.1 Å². The Bertz CT molecular complexity index is 970. The molecule has 7 heteroatoms. The van der Waals surface area contributed by atoms with Gasteiger partial charge in [-0.3, -0.25) is 0 Å². The lowest BCUT2D eigenvalue weighted by atomic mass is 10.1. The average Bonchev–Trinajstić information content (AvgIpc) is 3.19. The lowest BCUT2D eigenvalue weighted by Gasteiger charge is -2.07. The van der Waals surface area contributed by atoms with Crippen LogP contribution in [0.1, 0.15) is 46.6 Å². The quantitative estimate of drug-likeness (QED) is 0.387. The molecule has 0 fully saturated rings. The van der Waals surface area contributed by atoms with E-state index in [1.807, 2.05) is 60.7 Å². The van der Waals surface area contributed by atoms with E-state index in [1.54, 1.807) is 6.92 Å². The number of carbonyl (C=O) groups excluding carboxylic acids is 2. The first-order valence-electron chi connectivity index (χ1n) is 10.3. The molecule has 2 aromatic carbocycles. The molecule has 0 saturated carbocycles. The second kappa shape index (κ2) is 11.5. The number of nitrogens with zero attached hydrogens (tertiary/aromatic N) is 1. The van der Waals surface area contributed by atoms with Crippen LogP contribution in [-0.4, -0.2) is 30.2 Å². The summed E-state index contributed by atoms with van der Waals surface area (Å²) in [7, 11) is 0. The van der Waals surface area contributed by atoms with E-state index in [-0.39, 0.29) is 19.0 Å². The summed E-state index contributed by atoms with van der Waals surface area (Å²) in [6.45, 7) is 2.59. The van der Waals surface area contributed by atoms with Gasteiger partial charge in [0.1, 0.15) is 6.61 Å². The number of alkyl carbamates (subject to hydrolysis) is 1. The predicted molar refractivity (Wildman–Crippen MR) is 115 cm³/mol. The van der Waals surface area contributed by atoms with Crippen LogP contribution in [0.4, 0.5) is 4.79 Å². The van der Waals surface area contributed by atoms with E-state index in [0.717, 1.165) is 11.1 Å². The van der Waals surface area contributed by atoms with Crippen molar-refractivity contribution < 1.29 is 23.5 Å². The Labute approximate surface area is 181 Å². The highest BCUT2D eigenvalue weighted by Crippen LogP contribution is 2.17. The maximum Gasteiger partial charge on any atom is 0.407 e. The number of benzene rings is 2. The monoisotopic (exact) mass is 422 g/mol. The van der Waals surface area contributed by atoms with Gasteiger partial charge in [-0.2, -0.15) is 0 Å². The Morgan fingerprint density at radius 3 is 2.32 bits per heavy atom. The smallest absolute Gasteiger partial charge is 0.407 e. The SMILES string of the molecule is CCOC(=O)c1oc(Cc2ccccc2)nc1CCCNC(=O)OCc1ccccc1. The lowest BCUT2D eigenvalue weighted by Crippen LogP contribution is -2.25. The fourth-order valence-corrected chi connectivity index (χ4v) is 2.99. The van der Waals surface area contributed by atoms with Crippen molar-refractivity contribution in [1.29, 1.82) is 0 Å². The summed E-state index contributed by atoms with van der Waals surface area (Å²) in [4.78, 5) is 28.6. The number of aromatic nitrogens is 1. The summed E-state index contributed by atoms with van der Waals surface area (Å²) in [6.07, 6.45) is 1.03. The minimum Gasteiger partial charge on any atom is -0.460 e. The Morgan fingerprint density at radius 2 is 1.65 bits per heavy atom. The van der Waals surface area contributed by atoms with Gasteiger partial charge in [0.25, 0.3) is 0 Å². The standard InChI is InChI=1S/C24H26N2O5/c1-2-29-23(27)22-20(26-21(31-22)16-18-10-5-3-6-11-18)14-9-15-25-24(28)30-17-19-12-7-4-8-13-19/h3-8,10-13H,2,9,14-17H2,1H3,(H,25,28). The zero-order valence-corrected chi connectivity index (χ0v) is 17.5. The molecule has 0 atom stereocenters. The number of esters is 1. The van der Waals surface area contributed by atoms with Gasteiger partial charge in [-0.1, -0.05) is 60.7 Å². The van der Waals surface area contributed by atoms with Crippen LogP contribution >= 0.6 is 0 Å². The van der Waals surface area contributed by atoms with E-state index in [2.05, 4.69) is 10.3 Å². The molecule has 3 aromatic rings. The maximum atomic E-state index is 12.2. The van der Waals surface area contributed by atoms with Gasteiger partial charge in [-0.05, 0) is 30.9 Å². The summed E-state index contributed by atoms with van der Waals surface area (Å²) in [5.41, 5.74) is 2.49. The molecule has 0 aliphatic carbocycles. The van der Waals surface area contributed by atoms with E-state index in [0.29, 0.717) is 37.4 Å². The van der Waals surface area contributed by atoms with Crippen molar-refractivity contribution in [2.45, 2.75) is 32.8 Å². The van der Waals surface area contributed by atoms with Crippen molar-refractivity contribution in [3.8, 4) is 0 Å². The summed E-state index contributed by atoms with van der Waals surface area (Å²) in [6, 6.07) is 19.2. The molecule has 1 heterocycles. The average molecular weight is 422 g/mol. The minimum atomic E-state index is -0.528. The molecule has 0 bridgehead atoms. The molecule has 162 valence electrons. The van der Waals surface area contributed by atoms with E-state index < -0.39 is 12.1 Å². The zero-order chi connectivity index (χ0) is 21.9. The molecule has 1 aromatic heterocycles. The van der Waals surface area contributed by atoms with Gasteiger partial charge < -0.3 is 19.2 Å². The van der Waals surface area contributed by atoms with Crippen LogP contribution in [-0.2, 0) is 28.9 Å². The molecule has 31 heavy (non-hydrogen) atoms. The number of carbonyl (C=O) groups is 2. The molecule has 0 spiro atoms. The number of oxazole rings is 1.